The van der Waals surface area contributed by atoms with E-state index in [2.05, 4.69) is 0 Å². The summed E-state index contributed by atoms with van der Waals surface area (Å²) in [5, 5.41) is 0. The van der Waals surface area contributed by atoms with Crippen molar-refractivity contribution in [3.05, 3.63) is 35.4 Å². The summed E-state index contributed by atoms with van der Waals surface area (Å²) < 4.78 is 10.6. The molecule has 1 saturated heterocycles. The topological polar surface area (TPSA) is 38.8 Å². The van der Waals surface area contributed by atoms with Crippen molar-refractivity contribution in [2.24, 2.45) is 0 Å². The molecule has 3 heteroatoms. The molecule has 0 saturated carbocycles. The summed E-state index contributed by atoms with van der Waals surface area (Å²) in [6.45, 7) is 6.39. The zero-order valence-corrected chi connectivity index (χ0v) is 10.5. The molecule has 1 aromatic rings. The highest BCUT2D eigenvalue weighted by molar-refractivity contribution is 5.79. The Labute approximate surface area is 102 Å². The van der Waals surface area contributed by atoms with Crippen LogP contribution in [0.25, 0.3) is 0 Å². The number of hydrogen-bond donors (Lipinski definition) is 0. The van der Waals surface area contributed by atoms with E-state index in [-0.39, 0.29) is 5.97 Å². The maximum Gasteiger partial charge on any atom is 0.338 e. The number of epoxide rings is 1. The molecular weight excluding hydrogens is 216 g/mol. The van der Waals surface area contributed by atoms with E-state index >= 15 is 0 Å². The Morgan fingerprint density at radius 1 is 1.41 bits per heavy atom. The molecule has 0 amide bonds. The maximum atomic E-state index is 11.7. The van der Waals surface area contributed by atoms with Crippen LogP contribution in [0.2, 0.25) is 0 Å². The maximum absolute atomic E-state index is 11.7. The standard InChI is InChI=1S/C14H18O3/c1-4-9-16-13(15)12-14(3,17-12)11-7-5-10(2)6-8-11/h5-8,12H,4,9H2,1-3H3/t12-,14+/m0/s1. The van der Waals surface area contributed by atoms with Crippen LogP contribution in [-0.2, 0) is 19.9 Å². The summed E-state index contributed by atoms with van der Waals surface area (Å²) in [6, 6.07) is 8.05. The third-order valence-corrected chi connectivity index (χ3v) is 3.09. The molecule has 0 aliphatic carbocycles. The van der Waals surface area contributed by atoms with Crippen LogP contribution < -0.4 is 0 Å². The molecule has 92 valence electrons. The highest BCUT2D eigenvalue weighted by Gasteiger charge is 2.59. The van der Waals surface area contributed by atoms with Gasteiger partial charge in [0.15, 0.2) is 6.10 Å². The lowest BCUT2D eigenvalue weighted by molar-refractivity contribution is -0.145. The van der Waals surface area contributed by atoms with Crippen LogP contribution in [0, 0.1) is 6.92 Å². The minimum atomic E-state index is -0.501. The van der Waals surface area contributed by atoms with Crippen LogP contribution in [0.5, 0.6) is 0 Å². The summed E-state index contributed by atoms with van der Waals surface area (Å²) in [7, 11) is 0. The minimum Gasteiger partial charge on any atom is -0.464 e. The summed E-state index contributed by atoms with van der Waals surface area (Å²) >= 11 is 0. The molecule has 2 rings (SSSR count). The van der Waals surface area contributed by atoms with Gasteiger partial charge in [-0.05, 0) is 25.8 Å². The van der Waals surface area contributed by atoms with E-state index in [9.17, 15) is 4.79 Å². The number of rotatable bonds is 4. The normalized spacial score (nSPS) is 26.6. The van der Waals surface area contributed by atoms with Gasteiger partial charge in [-0.15, -0.1) is 0 Å². The predicted molar refractivity (Wildman–Crippen MR) is 64.7 cm³/mol. The fourth-order valence-electron chi connectivity index (χ4n) is 1.87. The van der Waals surface area contributed by atoms with Gasteiger partial charge < -0.3 is 9.47 Å². The van der Waals surface area contributed by atoms with Crippen molar-refractivity contribution in [2.75, 3.05) is 6.61 Å². The number of esters is 1. The van der Waals surface area contributed by atoms with Gasteiger partial charge in [0, 0.05) is 0 Å². The number of carbonyl (C=O) groups is 1. The van der Waals surface area contributed by atoms with Crippen molar-refractivity contribution in [2.45, 2.75) is 38.9 Å². The van der Waals surface area contributed by atoms with Gasteiger partial charge in [0.2, 0.25) is 0 Å². The van der Waals surface area contributed by atoms with Gasteiger partial charge in [-0.3, -0.25) is 0 Å². The molecule has 0 unspecified atom stereocenters. The Balaban J connectivity index is 2.04. The molecule has 1 aromatic carbocycles. The molecule has 1 heterocycles. The largest absolute Gasteiger partial charge is 0.464 e. The lowest BCUT2D eigenvalue weighted by atomic mass is 9.96. The fourth-order valence-corrected chi connectivity index (χ4v) is 1.87. The highest BCUT2D eigenvalue weighted by Crippen LogP contribution is 2.46. The lowest BCUT2D eigenvalue weighted by Crippen LogP contribution is -2.19. The number of ether oxygens (including phenoxy) is 2. The Bertz CT molecular complexity index is 410. The molecule has 2 atom stereocenters. The molecule has 0 N–H and O–H groups in total. The zero-order valence-electron chi connectivity index (χ0n) is 10.5. The molecule has 0 aromatic heterocycles. The second-order valence-corrected chi connectivity index (χ2v) is 4.64. The van der Waals surface area contributed by atoms with E-state index in [1.807, 2.05) is 45.0 Å². The first-order valence-electron chi connectivity index (χ1n) is 5.99. The molecule has 1 aliphatic rings. The highest BCUT2D eigenvalue weighted by atomic mass is 16.7. The van der Waals surface area contributed by atoms with Crippen LogP contribution in [0.1, 0.15) is 31.4 Å². The molecule has 3 nitrogen and oxygen atoms in total. The first-order valence-corrected chi connectivity index (χ1v) is 5.99. The van der Waals surface area contributed by atoms with Gasteiger partial charge in [-0.2, -0.15) is 0 Å². The second kappa shape index (κ2) is 4.49. The molecule has 0 bridgehead atoms. The number of benzene rings is 1. The van der Waals surface area contributed by atoms with Gasteiger partial charge in [0.05, 0.1) is 6.61 Å². The number of hydrogen-bond acceptors (Lipinski definition) is 3. The van der Waals surface area contributed by atoms with Crippen LogP contribution in [0.4, 0.5) is 0 Å². The van der Waals surface area contributed by atoms with Crippen LogP contribution in [-0.4, -0.2) is 18.7 Å². The van der Waals surface area contributed by atoms with E-state index in [1.54, 1.807) is 0 Å². The van der Waals surface area contributed by atoms with E-state index in [4.69, 9.17) is 9.47 Å². The van der Waals surface area contributed by atoms with Crippen LogP contribution >= 0.6 is 0 Å². The SMILES string of the molecule is CCCOC(=O)[C@@H]1O[C@]1(C)c1ccc(C)cc1. The third-order valence-electron chi connectivity index (χ3n) is 3.09. The lowest BCUT2D eigenvalue weighted by Gasteiger charge is -2.07. The first-order chi connectivity index (χ1) is 8.08. The Kier molecular flexibility index (Phi) is 3.20. The van der Waals surface area contributed by atoms with Gasteiger partial charge in [-0.25, -0.2) is 4.79 Å². The third kappa shape index (κ3) is 2.34. The van der Waals surface area contributed by atoms with Crippen molar-refractivity contribution in [1.82, 2.24) is 0 Å². The summed E-state index contributed by atoms with van der Waals surface area (Å²) in [5.74, 6) is -0.255. The number of aryl methyl sites for hydroxylation is 1. The molecular formula is C14H18O3. The Morgan fingerprint density at radius 3 is 2.65 bits per heavy atom. The molecule has 0 spiro atoms. The van der Waals surface area contributed by atoms with Crippen molar-refractivity contribution >= 4 is 5.97 Å². The molecule has 1 fully saturated rings. The van der Waals surface area contributed by atoms with Gasteiger partial charge in [-0.1, -0.05) is 36.8 Å². The Morgan fingerprint density at radius 2 is 2.06 bits per heavy atom. The van der Waals surface area contributed by atoms with E-state index < -0.39 is 11.7 Å². The quantitative estimate of drug-likeness (QED) is 0.593. The van der Waals surface area contributed by atoms with E-state index in [0.29, 0.717) is 6.61 Å². The fraction of sp³-hybridized carbons (Fsp3) is 0.500. The first kappa shape index (κ1) is 12.1. The monoisotopic (exact) mass is 234 g/mol. The second-order valence-electron chi connectivity index (χ2n) is 4.64. The number of carbonyl (C=O) groups excluding carboxylic acids is 1. The smallest absolute Gasteiger partial charge is 0.338 e. The summed E-state index contributed by atoms with van der Waals surface area (Å²) in [4.78, 5) is 11.7. The van der Waals surface area contributed by atoms with Gasteiger partial charge in [0.25, 0.3) is 0 Å². The zero-order chi connectivity index (χ0) is 12.5. The average molecular weight is 234 g/mol. The molecule has 0 radical (unpaired) electrons. The minimum absolute atomic E-state index is 0.255. The van der Waals surface area contributed by atoms with Crippen molar-refractivity contribution in [3.8, 4) is 0 Å². The Hall–Kier alpha value is -1.35. The van der Waals surface area contributed by atoms with Crippen LogP contribution in [0.15, 0.2) is 24.3 Å². The van der Waals surface area contributed by atoms with Crippen molar-refractivity contribution in [3.63, 3.8) is 0 Å². The average Bonchev–Trinajstić information content (AvgIpc) is 3.01. The van der Waals surface area contributed by atoms with Crippen molar-refractivity contribution in [1.29, 1.82) is 0 Å². The molecule has 17 heavy (non-hydrogen) atoms. The summed E-state index contributed by atoms with van der Waals surface area (Å²) in [5.41, 5.74) is 1.73. The van der Waals surface area contributed by atoms with Crippen LogP contribution in [0.3, 0.4) is 0 Å². The van der Waals surface area contributed by atoms with Gasteiger partial charge in [0.1, 0.15) is 5.60 Å². The predicted octanol–water partition coefficient (Wildman–Crippen LogP) is 2.56. The van der Waals surface area contributed by atoms with E-state index in [1.165, 1.54) is 5.56 Å². The van der Waals surface area contributed by atoms with E-state index in [0.717, 1.165) is 12.0 Å². The molecule has 1 aliphatic heterocycles. The summed E-state index contributed by atoms with van der Waals surface area (Å²) in [6.07, 6.45) is 0.386. The van der Waals surface area contributed by atoms with Gasteiger partial charge >= 0.3 is 5.97 Å². The van der Waals surface area contributed by atoms with Crippen molar-refractivity contribution < 1.29 is 14.3 Å².